The summed E-state index contributed by atoms with van der Waals surface area (Å²) in [7, 11) is 2.12. The van der Waals surface area contributed by atoms with Crippen molar-refractivity contribution < 1.29 is 9.47 Å². The van der Waals surface area contributed by atoms with Crippen LogP contribution in [0.25, 0.3) is 0 Å². The number of anilines is 6. The van der Waals surface area contributed by atoms with Crippen LogP contribution in [0.15, 0.2) is 175 Å². The molecule has 1 N–H and O–H groups in total. The fourth-order valence-electron chi connectivity index (χ4n) is 7.50. The van der Waals surface area contributed by atoms with Crippen molar-refractivity contribution >= 4 is 40.1 Å². The molecule has 8 heteroatoms. The van der Waals surface area contributed by atoms with Gasteiger partial charge in [-0.3, -0.25) is 9.80 Å². The first kappa shape index (κ1) is 30.9. The first-order valence-electron chi connectivity index (χ1n) is 17.7. The van der Waals surface area contributed by atoms with Crippen LogP contribution in [0.2, 0.25) is 0 Å². The zero-order valence-corrected chi connectivity index (χ0v) is 28.9. The minimum Gasteiger partial charge on any atom is -0.453 e. The highest BCUT2D eigenvalue weighted by atomic mass is 16.5. The van der Waals surface area contributed by atoms with E-state index in [1.807, 2.05) is 103 Å². The van der Waals surface area contributed by atoms with Crippen LogP contribution in [0.4, 0.5) is 34.3 Å². The molecule has 0 bridgehead atoms. The Morgan fingerprint density at radius 1 is 0.547 bits per heavy atom. The number of rotatable bonds is 5. The smallest absolute Gasteiger partial charge is 0.151 e. The molecule has 0 radical (unpaired) electrons. The van der Waals surface area contributed by atoms with E-state index in [1.54, 1.807) is 0 Å². The average Bonchev–Trinajstić information content (AvgIpc) is 3.22. The predicted octanol–water partition coefficient (Wildman–Crippen LogP) is 10.9. The maximum absolute atomic E-state index is 6.45. The second-order valence-electron chi connectivity index (χ2n) is 13.2. The van der Waals surface area contributed by atoms with Gasteiger partial charge in [-0.1, -0.05) is 109 Å². The summed E-state index contributed by atoms with van der Waals surface area (Å²) in [6.07, 6.45) is 1.33. The number of ether oxygens (including phenoxy) is 2. The van der Waals surface area contributed by atoms with E-state index in [-0.39, 0.29) is 12.3 Å². The van der Waals surface area contributed by atoms with Gasteiger partial charge in [0, 0.05) is 11.1 Å². The molecule has 6 aromatic carbocycles. The first-order valence-corrected chi connectivity index (χ1v) is 17.7. The van der Waals surface area contributed by atoms with Gasteiger partial charge in [0.2, 0.25) is 0 Å². The van der Waals surface area contributed by atoms with Crippen LogP contribution in [0.3, 0.4) is 0 Å². The van der Waals surface area contributed by atoms with E-state index >= 15 is 0 Å². The maximum Gasteiger partial charge on any atom is 0.151 e. The van der Waals surface area contributed by atoms with E-state index in [0.29, 0.717) is 0 Å². The Morgan fingerprint density at radius 2 is 1.02 bits per heavy atom. The molecule has 53 heavy (non-hydrogen) atoms. The predicted molar refractivity (Wildman–Crippen MR) is 210 cm³/mol. The molecule has 0 amide bonds. The van der Waals surface area contributed by atoms with Crippen molar-refractivity contribution in [2.75, 3.05) is 16.8 Å². The molecular weight excluding hydrogens is 657 g/mol. The second kappa shape index (κ2) is 12.7. The van der Waals surface area contributed by atoms with Gasteiger partial charge in [0.25, 0.3) is 0 Å². The van der Waals surface area contributed by atoms with Crippen molar-refractivity contribution in [1.82, 2.24) is 15.2 Å². The largest absolute Gasteiger partial charge is 0.453 e. The molecule has 256 valence electrons. The second-order valence-corrected chi connectivity index (χ2v) is 13.2. The fraction of sp³-hybridized carbons (Fsp3) is 0.0667. The summed E-state index contributed by atoms with van der Waals surface area (Å²) in [6, 6.07) is 55.6. The van der Waals surface area contributed by atoms with Crippen LogP contribution < -0.4 is 24.6 Å². The number of nitrogens with zero attached hydrogens (tertiary/aromatic N) is 5. The SMILES string of the molecule is CN1C(c2ccccc2)N=C(c2ccccc2)NC1c1cc(N2c3ccccc3Oc3ccccc32)cnc1N1c2ccccc2Oc2ccccc21. The lowest BCUT2D eigenvalue weighted by Crippen LogP contribution is -2.46. The van der Waals surface area contributed by atoms with Crippen LogP contribution >= 0.6 is 0 Å². The highest BCUT2D eigenvalue weighted by molar-refractivity contribution is 6.00. The van der Waals surface area contributed by atoms with E-state index in [0.717, 1.165) is 79.8 Å². The summed E-state index contributed by atoms with van der Waals surface area (Å²) < 4.78 is 12.8. The number of benzene rings is 6. The Morgan fingerprint density at radius 3 is 1.57 bits per heavy atom. The van der Waals surface area contributed by atoms with Crippen molar-refractivity contribution in [2.45, 2.75) is 12.3 Å². The van der Waals surface area contributed by atoms with Gasteiger partial charge in [0.1, 0.15) is 24.0 Å². The van der Waals surface area contributed by atoms with Crippen molar-refractivity contribution in [3.8, 4) is 23.0 Å². The van der Waals surface area contributed by atoms with E-state index in [9.17, 15) is 0 Å². The lowest BCUT2D eigenvalue weighted by Gasteiger charge is -2.42. The maximum atomic E-state index is 6.45. The number of hydrogen-bond acceptors (Lipinski definition) is 8. The van der Waals surface area contributed by atoms with Crippen LogP contribution in [0.1, 0.15) is 29.0 Å². The molecule has 2 unspecified atom stereocenters. The fourth-order valence-corrected chi connectivity index (χ4v) is 7.50. The van der Waals surface area contributed by atoms with Gasteiger partial charge < -0.3 is 19.7 Å². The Labute approximate surface area is 307 Å². The molecule has 3 aliphatic rings. The highest BCUT2D eigenvalue weighted by Crippen LogP contribution is 2.54. The molecule has 0 aliphatic carbocycles. The van der Waals surface area contributed by atoms with Crippen LogP contribution in [-0.4, -0.2) is 22.8 Å². The third-order valence-electron chi connectivity index (χ3n) is 9.97. The number of fused-ring (bicyclic) bond motifs is 4. The lowest BCUT2D eigenvalue weighted by molar-refractivity contribution is 0.152. The zero-order chi connectivity index (χ0) is 35.3. The molecule has 0 saturated carbocycles. The number of hydrogen-bond donors (Lipinski definition) is 1. The molecule has 8 nitrogen and oxygen atoms in total. The third-order valence-corrected chi connectivity index (χ3v) is 9.97. The highest BCUT2D eigenvalue weighted by Gasteiger charge is 2.37. The summed E-state index contributed by atoms with van der Waals surface area (Å²) in [5.41, 5.74) is 7.66. The Hall–Kier alpha value is -6.90. The lowest BCUT2D eigenvalue weighted by atomic mass is 10.0. The number of pyridine rings is 1. The van der Waals surface area contributed by atoms with Crippen molar-refractivity contribution in [1.29, 1.82) is 0 Å². The van der Waals surface area contributed by atoms with Crippen molar-refractivity contribution in [3.05, 3.63) is 187 Å². The van der Waals surface area contributed by atoms with E-state index in [1.165, 1.54) is 0 Å². The Balaban J connectivity index is 1.22. The van der Waals surface area contributed by atoms with Crippen LogP contribution in [0, 0.1) is 0 Å². The van der Waals surface area contributed by atoms with Crippen LogP contribution in [0.5, 0.6) is 23.0 Å². The van der Waals surface area contributed by atoms with Gasteiger partial charge in [-0.15, -0.1) is 0 Å². The van der Waals surface area contributed by atoms with E-state index in [2.05, 4.69) is 93.8 Å². The summed E-state index contributed by atoms with van der Waals surface area (Å²) in [6.45, 7) is 0. The number of amidine groups is 1. The number of aliphatic imine (C=N–C) groups is 1. The standard InChI is InChI=1S/C45H34N6O2/c1-49-43(31-18-6-3-7-19-31)47-42(30-16-4-2-5-17-30)48-45(49)33-28-32(50-34-20-8-12-24-38(34)52-39-25-13-9-21-35(39)50)29-46-44(33)51-36-22-10-14-26-40(36)53-41-27-15-11-23-37(41)51/h2-29,43,45H,1H3,(H,47,48). The molecule has 10 rings (SSSR count). The van der Waals surface area contributed by atoms with Gasteiger partial charge in [-0.05, 0) is 67.2 Å². The van der Waals surface area contributed by atoms with Crippen molar-refractivity contribution in [3.63, 3.8) is 0 Å². The molecule has 0 saturated heterocycles. The summed E-state index contributed by atoms with van der Waals surface area (Å²) in [5, 5.41) is 3.87. The first-order chi connectivity index (χ1) is 26.2. The Kier molecular flexibility index (Phi) is 7.40. The molecule has 2 atom stereocenters. The summed E-state index contributed by atoms with van der Waals surface area (Å²) in [5.74, 6) is 4.67. The topological polar surface area (TPSA) is 65.5 Å². The minimum atomic E-state index is -0.357. The van der Waals surface area contributed by atoms with Gasteiger partial charge in [0.05, 0.1) is 34.6 Å². The molecule has 3 aliphatic heterocycles. The van der Waals surface area contributed by atoms with Gasteiger partial charge in [-0.2, -0.15) is 0 Å². The quantitative estimate of drug-likeness (QED) is 0.193. The molecule has 0 fully saturated rings. The summed E-state index contributed by atoms with van der Waals surface area (Å²) in [4.78, 5) is 17.5. The van der Waals surface area contributed by atoms with E-state index < -0.39 is 0 Å². The average molecular weight is 691 g/mol. The molecule has 0 spiro atoms. The molecule has 4 heterocycles. The van der Waals surface area contributed by atoms with Gasteiger partial charge in [-0.25, -0.2) is 9.98 Å². The monoisotopic (exact) mass is 690 g/mol. The number of para-hydroxylation sites is 8. The number of nitrogens with one attached hydrogen (secondary N) is 1. The van der Waals surface area contributed by atoms with E-state index in [4.69, 9.17) is 19.5 Å². The van der Waals surface area contributed by atoms with Crippen molar-refractivity contribution in [2.24, 2.45) is 4.99 Å². The number of aromatic nitrogens is 1. The van der Waals surface area contributed by atoms with Crippen LogP contribution in [-0.2, 0) is 0 Å². The Bertz CT molecular complexity index is 2410. The molecule has 1 aromatic heterocycles. The summed E-state index contributed by atoms with van der Waals surface area (Å²) >= 11 is 0. The molecular formula is C45H34N6O2. The van der Waals surface area contributed by atoms with Gasteiger partial charge >= 0.3 is 0 Å². The third kappa shape index (κ3) is 5.27. The molecule has 7 aromatic rings. The normalized spacial score (nSPS) is 17.2. The van der Waals surface area contributed by atoms with Gasteiger partial charge in [0.15, 0.2) is 23.0 Å². The minimum absolute atomic E-state index is 0.275. The zero-order valence-electron chi connectivity index (χ0n) is 28.9.